The summed E-state index contributed by atoms with van der Waals surface area (Å²) >= 11 is 0. The fourth-order valence-electron chi connectivity index (χ4n) is 2.90. The van der Waals surface area contributed by atoms with E-state index in [1.54, 1.807) is 18.2 Å². The molecule has 150 valence electrons. The van der Waals surface area contributed by atoms with E-state index in [2.05, 4.69) is 20.8 Å². The standard InChI is InChI=1S/C21H22N4O4/c1-12-7-6-8-13(2)18(12)23-17(26)11-22-20(27)14(3)29-21(28)19-15-9-4-5-10-16(15)24-25-19/h4-10,14H,11H2,1-3H3,(H,22,27)(H,23,26)(H,24,25). The number of nitrogens with one attached hydrogen (secondary N) is 3. The van der Waals surface area contributed by atoms with Gasteiger partial charge < -0.3 is 15.4 Å². The quantitative estimate of drug-likeness (QED) is 0.556. The smallest absolute Gasteiger partial charge is 0.360 e. The van der Waals surface area contributed by atoms with E-state index in [9.17, 15) is 14.4 Å². The van der Waals surface area contributed by atoms with Crippen molar-refractivity contribution in [2.45, 2.75) is 26.9 Å². The molecule has 8 heteroatoms. The molecule has 0 saturated carbocycles. The molecule has 0 bridgehead atoms. The van der Waals surface area contributed by atoms with Gasteiger partial charge in [0.2, 0.25) is 5.91 Å². The second-order valence-electron chi connectivity index (χ2n) is 6.70. The van der Waals surface area contributed by atoms with Crippen LogP contribution in [0.25, 0.3) is 10.9 Å². The van der Waals surface area contributed by atoms with Gasteiger partial charge in [0, 0.05) is 11.1 Å². The molecule has 8 nitrogen and oxygen atoms in total. The van der Waals surface area contributed by atoms with Crippen molar-refractivity contribution in [2.75, 3.05) is 11.9 Å². The van der Waals surface area contributed by atoms with E-state index in [1.165, 1.54) is 6.92 Å². The summed E-state index contributed by atoms with van der Waals surface area (Å²) < 4.78 is 5.19. The third kappa shape index (κ3) is 4.60. The van der Waals surface area contributed by atoms with Crippen molar-refractivity contribution in [3.8, 4) is 0 Å². The minimum atomic E-state index is -1.08. The maximum Gasteiger partial charge on any atom is 0.360 e. The second-order valence-corrected chi connectivity index (χ2v) is 6.70. The molecule has 0 radical (unpaired) electrons. The number of nitrogens with zero attached hydrogens (tertiary/aromatic N) is 1. The average Bonchev–Trinajstić information content (AvgIpc) is 3.13. The summed E-state index contributed by atoms with van der Waals surface area (Å²) in [4.78, 5) is 36.7. The van der Waals surface area contributed by atoms with Crippen LogP contribution in [0.4, 0.5) is 5.69 Å². The van der Waals surface area contributed by atoms with Gasteiger partial charge >= 0.3 is 5.97 Å². The highest BCUT2D eigenvalue weighted by atomic mass is 16.5. The van der Waals surface area contributed by atoms with Gasteiger partial charge in [-0.15, -0.1) is 0 Å². The number of aromatic nitrogens is 2. The first-order chi connectivity index (χ1) is 13.9. The number of H-pyrrole nitrogens is 1. The van der Waals surface area contributed by atoms with E-state index in [1.807, 2.05) is 38.1 Å². The number of fused-ring (bicyclic) bond motifs is 1. The van der Waals surface area contributed by atoms with Crippen LogP contribution in [0.2, 0.25) is 0 Å². The number of anilines is 1. The van der Waals surface area contributed by atoms with Crippen LogP contribution in [0.1, 0.15) is 28.5 Å². The van der Waals surface area contributed by atoms with Gasteiger partial charge in [0.1, 0.15) is 0 Å². The van der Waals surface area contributed by atoms with Crippen LogP contribution in [0.3, 0.4) is 0 Å². The van der Waals surface area contributed by atoms with Crippen molar-refractivity contribution in [2.24, 2.45) is 0 Å². The number of hydrogen-bond donors (Lipinski definition) is 3. The lowest BCUT2D eigenvalue weighted by Gasteiger charge is -2.14. The van der Waals surface area contributed by atoms with E-state index in [4.69, 9.17) is 4.74 Å². The molecule has 2 amide bonds. The Bertz CT molecular complexity index is 1050. The molecular weight excluding hydrogens is 372 g/mol. The van der Waals surface area contributed by atoms with E-state index >= 15 is 0 Å². The van der Waals surface area contributed by atoms with Gasteiger partial charge in [-0.05, 0) is 38.0 Å². The maximum absolute atomic E-state index is 12.3. The second kappa shape index (κ2) is 8.55. The maximum atomic E-state index is 12.3. The highest BCUT2D eigenvalue weighted by molar-refractivity contribution is 6.03. The Labute approximate surface area is 167 Å². The zero-order valence-electron chi connectivity index (χ0n) is 16.4. The molecule has 0 saturated heterocycles. The van der Waals surface area contributed by atoms with E-state index in [0.717, 1.165) is 16.8 Å². The number of benzene rings is 2. The minimum Gasteiger partial charge on any atom is -0.448 e. The molecular formula is C21H22N4O4. The normalized spacial score (nSPS) is 11.7. The summed E-state index contributed by atoms with van der Waals surface area (Å²) in [6, 6.07) is 12.8. The number of hydrogen-bond acceptors (Lipinski definition) is 5. The zero-order valence-corrected chi connectivity index (χ0v) is 16.4. The molecule has 0 fully saturated rings. The molecule has 0 aliphatic heterocycles. The Hall–Kier alpha value is -3.68. The Balaban J connectivity index is 1.54. The third-order valence-corrected chi connectivity index (χ3v) is 4.49. The first-order valence-electron chi connectivity index (χ1n) is 9.14. The number of amides is 2. The fourth-order valence-corrected chi connectivity index (χ4v) is 2.90. The molecule has 3 rings (SSSR count). The molecule has 3 aromatic rings. The molecule has 0 aliphatic carbocycles. The third-order valence-electron chi connectivity index (χ3n) is 4.49. The van der Waals surface area contributed by atoms with Crippen LogP contribution < -0.4 is 10.6 Å². The van der Waals surface area contributed by atoms with Crippen molar-refractivity contribution in [1.29, 1.82) is 0 Å². The molecule has 0 spiro atoms. The zero-order chi connectivity index (χ0) is 21.0. The van der Waals surface area contributed by atoms with Gasteiger partial charge in [0.15, 0.2) is 11.8 Å². The van der Waals surface area contributed by atoms with Crippen LogP contribution in [-0.2, 0) is 14.3 Å². The molecule has 1 atom stereocenters. The lowest BCUT2D eigenvalue weighted by Crippen LogP contribution is -2.40. The lowest BCUT2D eigenvalue weighted by atomic mass is 10.1. The Kier molecular flexibility index (Phi) is 5.92. The fraction of sp³-hybridized carbons (Fsp3) is 0.238. The van der Waals surface area contributed by atoms with Gasteiger partial charge in [0.05, 0.1) is 12.1 Å². The number of para-hydroxylation sites is 2. The minimum absolute atomic E-state index is 0.105. The van der Waals surface area contributed by atoms with Crippen LogP contribution in [-0.4, -0.2) is 40.6 Å². The number of aryl methyl sites for hydroxylation is 2. The van der Waals surface area contributed by atoms with Crippen LogP contribution >= 0.6 is 0 Å². The van der Waals surface area contributed by atoms with Crippen LogP contribution in [0.15, 0.2) is 42.5 Å². The van der Waals surface area contributed by atoms with Gasteiger partial charge in [-0.25, -0.2) is 4.79 Å². The summed E-state index contributed by atoms with van der Waals surface area (Å²) in [5.41, 5.74) is 3.38. The van der Waals surface area contributed by atoms with Gasteiger partial charge in [0.25, 0.3) is 5.91 Å². The van der Waals surface area contributed by atoms with Crippen molar-refractivity contribution >= 4 is 34.4 Å². The summed E-state index contributed by atoms with van der Waals surface area (Å²) in [6.45, 7) is 4.98. The summed E-state index contributed by atoms with van der Waals surface area (Å²) in [5.74, 6) is -1.66. The Morgan fingerprint density at radius 3 is 2.48 bits per heavy atom. The van der Waals surface area contributed by atoms with Crippen molar-refractivity contribution in [3.63, 3.8) is 0 Å². The summed E-state index contributed by atoms with van der Waals surface area (Å²) in [5, 5.41) is 12.6. The highest BCUT2D eigenvalue weighted by Crippen LogP contribution is 2.19. The topological polar surface area (TPSA) is 113 Å². The Morgan fingerprint density at radius 2 is 1.76 bits per heavy atom. The SMILES string of the molecule is Cc1cccc(C)c1NC(=O)CNC(=O)C(C)OC(=O)c1n[nH]c2ccccc12. The molecule has 1 heterocycles. The van der Waals surface area contributed by atoms with E-state index < -0.39 is 18.0 Å². The number of rotatable bonds is 6. The predicted octanol–water partition coefficient (Wildman–Crippen LogP) is 2.48. The van der Waals surface area contributed by atoms with Crippen molar-refractivity contribution in [1.82, 2.24) is 15.5 Å². The van der Waals surface area contributed by atoms with Crippen molar-refractivity contribution in [3.05, 3.63) is 59.3 Å². The van der Waals surface area contributed by atoms with Gasteiger partial charge in [-0.3, -0.25) is 14.7 Å². The molecule has 1 aromatic heterocycles. The van der Waals surface area contributed by atoms with Gasteiger partial charge in [-0.2, -0.15) is 5.10 Å². The van der Waals surface area contributed by atoms with Crippen LogP contribution in [0.5, 0.6) is 0 Å². The monoisotopic (exact) mass is 394 g/mol. The van der Waals surface area contributed by atoms with E-state index in [-0.39, 0.29) is 18.1 Å². The van der Waals surface area contributed by atoms with Crippen molar-refractivity contribution < 1.29 is 19.1 Å². The molecule has 3 N–H and O–H groups in total. The average molecular weight is 394 g/mol. The first-order valence-corrected chi connectivity index (χ1v) is 9.14. The lowest BCUT2D eigenvalue weighted by molar-refractivity contribution is -0.130. The predicted molar refractivity (Wildman–Crippen MR) is 109 cm³/mol. The van der Waals surface area contributed by atoms with E-state index in [0.29, 0.717) is 10.9 Å². The number of esters is 1. The first kappa shape index (κ1) is 20.1. The largest absolute Gasteiger partial charge is 0.448 e. The van der Waals surface area contributed by atoms with Gasteiger partial charge in [-0.1, -0.05) is 36.4 Å². The summed E-state index contributed by atoms with van der Waals surface area (Å²) in [6.07, 6.45) is -1.08. The number of aromatic amines is 1. The van der Waals surface area contributed by atoms with Crippen LogP contribution in [0, 0.1) is 13.8 Å². The molecule has 2 aromatic carbocycles. The summed E-state index contributed by atoms with van der Waals surface area (Å²) in [7, 11) is 0. The highest BCUT2D eigenvalue weighted by Gasteiger charge is 2.22. The number of carbonyl (C=O) groups excluding carboxylic acids is 3. The number of ether oxygens (including phenoxy) is 1. The number of carbonyl (C=O) groups is 3. The molecule has 29 heavy (non-hydrogen) atoms. The molecule has 1 unspecified atom stereocenters. The molecule has 0 aliphatic rings. The Morgan fingerprint density at radius 1 is 1.07 bits per heavy atom.